The Kier molecular flexibility index (Phi) is 7.25. The maximum Gasteiger partial charge on any atom is 0.241 e. The van der Waals surface area contributed by atoms with Crippen molar-refractivity contribution in [1.29, 1.82) is 0 Å². The molecule has 0 radical (unpaired) electrons. The highest BCUT2D eigenvalue weighted by molar-refractivity contribution is 5.82. The predicted molar refractivity (Wildman–Crippen MR) is 116 cm³/mol. The van der Waals surface area contributed by atoms with Gasteiger partial charge in [0, 0.05) is 25.4 Å². The number of aromatic nitrogens is 2. The molecule has 1 amide bonds. The van der Waals surface area contributed by atoms with Crippen LogP contribution in [0.4, 0.5) is 4.39 Å². The summed E-state index contributed by atoms with van der Waals surface area (Å²) in [6, 6.07) is 14.3. The lowest BCUT2D eigenvalue weighted by Gasteiger charge is -2.21. The average Bonchev–Trinajstić information content (AvgIpc) is 2.77. The Morgan fingerprint density at radius 1 is 1.03 bits per heavy atom. The van der Waals surface area contributed by atoms with Crippen molar-refractivity contribution in [2.24, 2.45) is 0 Å². The van der Waals surface area contributed by atoms with Crippen LogP contribution in [0.25, 0.3) is 0 Å². The number of carbonyl (C=O) groups is 1. The number of likely N-dealkylation sites (N-methyl/N-ethyl adjacent to an activating group) is 1. The van der Waals surface area contributed by atoms with Crippen LogP contribution in [0.3, 0.4) is 0 Å². The zero-order valence-electron chi connectivity index (χ0n) is 17.5. The van der Waals surface area contributed by atoms with E-state index in [4.69, 9.17) is 0 Å². The molecular formula is C24H27FN4O. The fraction of sp³-hybridized carbons (Fsp3) is 0.292. The van der Waals surface area contributed by atoms with Crippen LogP contribution in [0.1, 0.15) is 46.5 Å². The number of halogens is 1. The van der Waals surface area contributed by atoms with Crippen molar-refractivity contribution in [2.45, 2.75) is 32.2 Å². The van der Waals surface area contributed by atoms with Gasteiger partial charge in [-0.05, 0) is 49.6 Å². The number of rotatable bonds is 8. The highest BCUT2D eigenvalue weighted by atomic mass is 19.1. The first-order valence-corrected chi connectivity index (χ1v) is 10.0. The lowest BCUT2D eigenvalue weighted by molar-refractivity contribution is -0.122. The van der Waals surface area contributed by atoms with Crippen LogP contribution in [0.5, 0.6) is 0 Å². The molecule has 3 rings (SSSR count). The largest absolute Gasteiger partial charge is 0.358 e. The Morgan fingerprint density at radius 2 is 1.80 bits per heavy atom. The molecule has 2 N–H and O–H groups in total. The number of nitrogens with one attached hydrogen (secondary N) is 2. The summed E-state index contributed by atoms with van der Waals surface area (Å²) in [5.41, 5.74) is 4.14. The maximum atomic E-state index is 13.8. The molecule has 2 atom stereocenters. The van der Waals surface area contributed by atoms with Gasteiger partial charge in [0.15, 0.2) is 0 Å². The van der Waals surface area contributed by atoms with Crippen molar-refractivity contribution in [2.75, 3.05) is 13.6 Å². The van der Waals surface area contributed by atoms with Crippen molar-refractivity contribution < 1.29 is 9.18 Å². The number of benzene rings is 2. The minimum absolute atomic E-state index is 0.0639. The molecule has 6 heteroatoms. The zero-order valence-corrected chi connectivity index (χ0v) is 17.5. The predicted octanol–water partition coefficient (Wildman–Crippen LogP) is 3.83. The van der Waals surface area contributed by atoms with Crippen molar-refractivity contribution in [3.05, 3.63) is 94.8 Å². The normalized spacial score (nSPS) is 12.9. The summed E-state index contributed by atoms with van der Waals surface area (Å²) in [5.74, 6) is -0.383. The number of nitrogens with zero attached hydrogens (tertiary/aromatic N) is 2. The van der Waals surface area contributed by atoms with E-state index in [2.05, 4.69) is 20.6 Å². The van der Waals surface area contributed by atoms with Gasteiger partial charge in [-0.2, -0.15) is 0 Å². The number of hydrogen-bond acceptors (Lipinski definition) is 4. The molecule has 0 fully saturated rings. The van der Waals surface area contributed by atoms with Gasteiger partial charge < -0.3 is 10.6 Å². The quantitative estimate of drug-likeness (QED) is 0.597. The molecule has 0 bridgehead atoms. The second-order valence-electron chi connectivity index (χ2n) is 7.34. The number of carbonyl (C=O) groups excluding carboxylic acids is 1. The standard InChI is InChI=1S/C24H27FN4O/c1-16-13-19(9-10-21(16)25)20(22-15-28-17(2)14-29-22)11-12-27-23(24(30)26-3)18-7-5-4-6-8-18/h4-10,13-15,20,23,27H,11-12H2,1-3H3,(H,26,30). The first-order valence-electron chi connectivity index (χ1n) is 10.0. The number of amides is 1. The smallest absolute Gasteiger partial charge is 0.241 e. The van der Waals surface area contributed by atoms with Gasteiger partial charge in [0.1, 0.15) is 11.9 Å². The second-order valence-corrected chi connectivity index (χ2v) is 7.34. The SMILES string of the molecule is CNC(=O)C(NCCC(c1ccc(F)c(C)c1)c1cnc(C)cn1)c1ccccc1. The van der Waals surface area contributed by atoms with E-state index in [9.17, 15) is 9.18 Å². The number of hydrogen-bond donors (Lipinski definition) is 2. The third-order valence-corrected chi connectivity index (χ3v) is 5.17. The van der Waals surface area contributed by atoms with E-state index in [1.807, 2.05) is 43.3 Å². The van der Waals surface area contributed by atoms with Gasteiger partial charge in [0.2, 0.25) is 5.91 Å². The van der Waals surface area contributed by atoms with Gasteiger partial charge in [-0.25, -0.2) is 4.39 Å². The van der Waals surface area contributed by atoms with E-state index in [-0.39, 0.29) is 17.6 Å². The first-order chi connectivity index (χ1) is 14.5. The third kappa shape index (κ3) is 5.27. The van der Waals surface area contributed by atoms with E-state index in [1.54, 1.807) is 32.4 Å². The first kappa shape index (κ1) is 21.6. The molecule has 2 unspecified atom stereocenters. The summed E-state index contributed by atoms with van der Waals surface area (Å²) in [6.45, 7) is 4.22. The van der Waals surface area contributed by atoms with Crippen molar-refractivity contribution in [3.63, 3.8) is 0 Å². The lowest BCUT2D eigenvalue weighted by Crippen LogP contribution is -2.36. The van der Waals surface area contributed by atoms with Gasteiger partial charge in [-0.15, -0.1) is 0 Å². The molecule has 0 aliphatic rings. The van der Waals surface area contributed by atoms with Crippen LogP contribution in [0.2, 0.25) is 0 Å². The second kappa shape index (κ2) is 10.1. The summed E-state index contributed by atoms with van der Waals surface area (Å²) < 4.78 is 13.8. The van der Waals surface area contributed by atoms with E-state index >= 15 is 0 Å². The fourth-order valence-corrected chi connectivity index (χ4v) is 3.48. The van der Waals surface area contributed by atoms with E-state index in [0.29, 0.717) is 18.5 Å². The third-order valence-electron chi connectivity index (χ3n) is 5.17. The Hall–Kier alpha value is -3.12. The lowest BCUT2D eigenvalue weighted by atomic mass is 9.91. The molecule has 1 heterocycles. The van der Waals surface area contributed by atoms with E-state index < -0.39 is 6.04 Å². The summed E-state index contributed by atoms with van der Waals surface area (Å²) in [5, 5.41) is 6.08. The molecular weight excluding hydrogens is 379 g/mol. The van der Waals surface area contributed by atoms with Crippen molar-refractivity contribution in [3.8, 4) is 0 Å². The van der Waals surface area contributed by atoms with Crippen molar-refractivity contribution in [1.82, 2.24) is 20.6 Å². The summed E-state index contributed by atoms with van der Waals surface area (Å²) in [7, 11) is 1.63. The Morgan fingerprint density at radius 3 is 2.43 bits per heavy atom. The van der Waals surface area contributed by atoms with Gasteiger partial charge in [0.25, 0.3) is 0 Å². The van der Waals surface area contributed by atoms with Gasteiger partial charge in [-0.1, -0.05) is 42.5 Å². The van der Waals surface area contributed by atoms with Crippen LogP contribution in [0.15, 0.2) is 60.9 Å². The van der Waals surface area contributed by atoms with Crippen LogP contribution in [-0.2, 0) is 4.79 Å². The van der Waals surface area contributed by atoms with Crippen LogP contribution < -0.4 is 10.6 Å². The molecule has 0 spiro atoms. The molecule has 2 aromatic carbocycles. The van der Waals surface area contributed by atoms with E-state index in [0.717, 1.165) is 22.5 Å². The topological polar surface area (TPSA) is 66.9 Å². The molecule has 0 aliphatic heterocycles. The summed E-state index contributed by atoms with van der Waals surface area (Å²) in [4.78, 5) is 21.3. The van der Waals surface area contributed by atoms with Gasteiger partial charge in [0.05, 0.1) is 11.4 Å². The molecule has 3 aromatic rings. The van der Waals surface area contributed by atoms with Gasteiger partial charge in [-0.3, -0.25) is 14.8 Å². The highest BCUT2D eigenvalue weighted by Crippen LogP contribution is 2.28. The van der Waals surface area contributed by atoms with E-state index in [1.165, 1.54) is 6.07 Å². The molecule has 1 aromatic heterocycles. The van der Waals surface area contributed by atoms with Gasteiger partial charge >= 0.3 is 0 Å². The Balaban J connectivity index is 1.81. The minimum atomic E-state index is -0.448. The molecule has 0 aliphatic carbocycles. The number of aryl methyl sites for hydroxylation is 2. The van der Waals surface area contributed by atoms with Crippen molar-refractivity contribution >= 4 is 5.91 Å². The Bertz CT molecular complexity index is 976. The Labute approximate surface area is 176 Å². The molecule has 156 valence electrons. The minimum Gasteiger partial charge on any atom is -0.358 e. The summed E-state index contributed by atoms with van der Waals surface area (Å²) in [6.07, 6.45) is 4.19. The average molecular weight is 407 g/mol. The monoisotopic (exact) mass is 406 g/mol. The van der Waals surface area contributed by atoms with Crippen LogP contribution >= 0.6 is 0 Å². The molecule has 30 heavy (non-hydrogen) atoms. The van der Waals surface area contributed by atoms with Crippen LogP contribution in [0, 0.1) is 19.7 Å². The zero-order chi connectivity index (χ0) is 21.5. The molecule has 5 nitrogen and oxygen atoms in total. The molecule has 0 saturated carbocycles. The maximum absolute atomic E-state index is 13.8. The van der Waals surface area contributed by atoms with Crippen LogP contribution in [-0.4, -0.2) is 29.5 Å². The highest BCUT2D eigenvalue weighted by Gasteiger charge is 2.21. The fourth-order valence-electron chi connectivity index (χ4n) is 3.48. The summed E-state index contributed by atoms with van der Waals surface area (Å²) >= 11 is 0. The molecule has 0 saturated heterocycles.